The van der Waals surface area contributed by atoms with Gasteiger partial charge in [0.1, 0.15) is 23.5 Å². The van der Waals surface area contributed by atoms with Crippen LogP contribution < -0.4 is 5.73 Å². The molecule has 5 nitrogen and oxygen atoms in total. The molecule has 12 heavy (non-hydrogen) atoms. The topological polar surface area (TPSA) is 77.8 Å². The molecule has 60 valence electrons. The van der Waals surface area contributed by atoms with Crippen molar-refractivity contribution in [2.45, 2.75) is 0 Å². The number of nitrogens with zero attached hydrogens (tertiary/aromatic N) is 3. The van der Waals surface area contributed by atoms with Gasteiger partial charge in [-0.05, 0) is 0 Å². The van der Waals surface area contributed by atoms with Gasteiger partial charge in [-0.25, -0.2) is 9.97 Å². The monoisotopic (exact) mass is 162 g/mol. The molecule has 2 heterocycles. The Labute approximate surface area is 68.2 Å². The highest BCUT2D eigenvalue weighted by molar-refractivity contribution is 5.51. The predicted octanol–water partition coefficient (Wildman–Crippen LogP) is 0.714. The lowest BCUT2D eigenvalue weighted by molar-refractivity contribution is 0.422. The van der Waals surface area contributed by atoms with Crippen molar-refractivity contribution in [2.24, 2.45) is 0 Å². The lowest BCUT2D eigenvalue weighted by atomic mass is 10.3. The molecule has 2 rings (SSSR count). The summed E-state index contributed by atoms with van der Waals surface area (Å²) in [5.41, 5.74) is 6.67. The molecule has 0 unspecified atom stereocenters. The Hall–Kier alpha value is -1.91. The summed E-state index contributed by atoms with van der Waals surface area (Å²) >= 11 is 0. The second-order valence-electron chi connectivity index (χ2n) is 2.21. The SMILES string of the molecule is Nc1cnc(-c2ccon2)cn1. The van der Waals surface area contributed by atoms with Crippen molar-refractivity contribution in [1.29, 1.82) is 0 Å². The highest BCUT2D eigenvalue weighted by Crippen LogP contribution is 2.12. The van der Waals surface area contributed by atoms with E-state index in [-0.39, 0.29) is 0 Å². The maximum absolute atomic E-state index is 5.36. The van der Waals surface area contributed by atoms with Crippen LogP contribution in [0.15, 0.2) is 29.2 Å². The molecule has 0 aromatic carbocycles. The zero-order valence-corrected chi connectivity index (χ0v) is 6.14. The van der Waals surface area contributed by atoms with E-state index in [1.807, 2.05) is 0 Å². The van der Waals surface area contributed by atoms with Gasteiger partial charge in [0.05, 0.1) is 12.4 Å². The molecule has 0 fully saturated rings. The van der Waals surface area contributed by atoms with Crippen molar-refractivity contribution in [1.82, 2.24) is 15.1 Å². The van der Waals surface area contributed by atoms with E-state index in [1.165, 1.54) is 12.5 Å². The summed E-state index contributed by atoms with van der Waals surface area (Å²) in [6.07, 6.45) is 4.50. The number of anilines is 1. The summed E-state index contributed by atoms with van der Waals surface area (Å²) in [6.45, 7) is 0. The number of nitrogens with two attached hydrogens (primary N) is 1. The van der Waals surface area contributed by atoms with Gasteiger partial charge in [0.15, 0.2) is 0 Å². The second kappa shape index (κ2) is 2.61. The van der Waals surface area contributed by atoms with Crippen LogP contribution in [0.3, 0.4) is 0 Å². The molecule has 5 heteroatoms. The van der Waals surface area contributed by atoms with Gasteiger partial charge < -0.3 is 10.3 Å². The maximum Gasteiger partial charge on any atom is 0.141 e. The fraction of sp³-hybridized carbons (Fsp3) is 0. The molecule has 2 N–H and O–H groups in total. The molecule has 0 spiro atoms. The van der Waals surface area contributed by atoms with Gasteiger partial charge in [0, 0.05) is 6.07 Å². The van der Waals surface area contributed by atoms with E-state index in [0.717, 1.165) is 0 Å². The van der Waals surface area contributed by atoms with E-state index in [4.69, 9.17) is 5.73 Å². The lowest BCUT2D eigenvalue weighted by Gasteiger charge is -1.93. The Balaban J connectivity index is 2.43. The van der Waals surface area contributed by atoms with E-state index in [9.17, 15) is 0 Å². The molecule has 0 aliphatic carbocycles. The summed E-state index contributed by atoms with van der Waals surface area (Å²) in [5, 5.41) is 3.70. The fourth-order valence-corrected chi connectivity index (χ4v) is 0.815. The molecule has 2 aromatic heterocycles. The van der Waals surface area contributed by atoms with Crippen molar-refractivity contribution < 1.29 is 4.52 Å². The van der Waals surface area contributed by atoms with Crippen LogP contribution >= 0.6 is 0 Å². The van der Waals surface area contributed by atoms with Crippen LogP contribution in [0.2, 0.25) is 0 Å². The predicted molar refractivity (Wildman–Crippen MR) is 41.9 cm³/mol. The number of hydrogen-bond donors (Lipinski definition) is 1. The molecule has 0 bridgehead atoms. The average Bonchev–Trinajstić information content (AvgIpc) is 2.58. The van der Waals surface area contributed by atoms with Crippen molar-refractivity contribution in [3.63, 3.8) is 0 Å². The quantitative estimate of drug-likeness (QED) is 0.668. The van der Waals surface area contributed by atoms with Crippen molar-refractivity contribution in [2.75, 3.05) is 5.73 Å². The van der Waals surface area contributed by atoms with Crippen molar-refractivity contribution in [3.05, 3.63) is 24.7 Å². The molecule has 0 saturated heterocycles. The number of rotatable bonds is 1. The Morgan fingerprint density at radius 2 is 2.08 bits per heavy atom. The summed E-state index contributed by atoms with van der Waals surface area (Å²) in [6, 6.07) is 1.71. The molecule has 0 aliphatic heterocycles. The summed E-state index contributed by atoms with van der Waals surface area (Å²) in [5.74, 6) is 0.391. The van der Waals surface area contributed by atoms with Gasteiger partial charge in [-0.1, -0.05) is 5.16 Å². The van der Waals surface area contributed by atoms with E-state index in [2.05, 4.69) is 19.6 Å². The second-order valence-corrected chi connectivity index (χ2v) is 2.21. The van der Waals surface area contributed by atoms with Crippen LogP contribution in [-0.2, 0) is 0 Å². The normalized spacial score (nSPS) is 10.0. The Kier molecular flexibility index (Phi) is 1.48. The molecule has 0 radical (unpaired) electrons. The average molecular weight is 162 g/mol. The summed E-state index contributed by atoms with van der Waals surface area (Å²) < 4.78 is 4.65. The van der Waals surface area contributed by atoms with Crippen molar-refractivity contribution in [3.8, 4) is 11.4 Å². The first-order chi connectivity index (χ1) is 5.86. The van der Waals surface area contributed by atoms with Gasteiger partial charge in [-0.3, -0.25) is 0 Å². The summed E-state index contributed by atoms with van der Waals surface area (Å²) in [4.78, 5) is 7.88. The van der Waals surface area contributed by atoms with Crippen molar-refractivity contribution >= 4 is 5.82 Å². The van der Waals surface area contributed by atoms with Gasteiger partial charge in [0.2, 0.25) is 0 Å². The lowest BCUT2D eigenvalue weighted by Crippen LogP contribution is -1.92. The molecular formula is C7H6N4O. The minimum Gasteiger partial charge on any atom is -0.382 e. The minimum atomic E-state index is 0.391. The largest absolute Gasteiger partial charge is 0.382 e. The molecular weight excluding hydrogens is 156 g/mol. The van der Waals surface area contributed by atoms with E-state index >= 15 is 0 Å². The number of hydrogen-bond acceptors (Lipinski definition) is 5. The molecule has 0 amide bonds. The third kappa shape index (κ3) is 1.12. The fourth-order valence-electron chi connectivity index (χ4n) is 0.815. The molecule has 2 aromatic rings. The van der Waals surface area contributed by atoms with Crippen LogP contribution in [0.1, 0.15) is 0 Å². The first kappa shape index (κ1) is 6.78. The standard InChI is InChI=1S/C7H6N4O/c8-7-4-9-6(3-10-7)5-1-2-12-11-5/h1-4H,(H2,8,10). The Bertz CT molecular complexity index is 353. The minimum absolute atomic E-state index is 0.391. The first-order valence-electron chi connectivity index (χ1n) is 3.34. The molecule has 0 atom stereocenters. The number of nitrogen functional groups attached to an aromatic ring is 1. The third-order valence-corrected chi connectivity index (χ3v) is 1.37. The van der Waals surface area contributed by atoms with Gasteiger partial charge >= 0.3 is 0 Å². The van der Waals surface area contributed by atoms with E-state index < -0.39 is 0 Å². The van der Waals surface area contributed by atoms with Crippen LogP contribution in [0, 0.1) is 0 Å². The van der Waals surface area contributed by atoms with Crippen LogP contribution in [0.25, 0.3) is 11.4 Å². The zero-order chi connectivity index (χ0) is 8.39. The smallest absolute Gasteiger partial charge is 0.141 e. The Morgan fingerprint density at radius 3 is 2.67 bits per heavy atom. The highest BCUT2D eigenvalue weighted by Gasteiger charge is 2.01. The molecule has 0 saturated carbocycles. The van der Waals surface area contributed by atoms with Gasteiger partial charge in [-0.15, -0.1) is 0 Å². The van der Waals surface area contributed by atoms with Crippen LogP contribution in [0.4, 0.5) is 5.82 Å². The van der Waals surface area contributed by atoms with E-state index in [0.29, 0.717) is 17.2 Å². The van der Waals surface area contributed by atoms with Crippen LogP contribution in [-0.4, -0.2) is 15.1 Å². The van der Waals surface area contributed by atoms with Gasteiger partial charge in [-0.2, -0.15) is 0 Å². The maximum atomic E-state index is 5.36. The van der Waals surface area contributed by atoms with Crippen LogP contribution in [0.5, 0.6) is 0 Å². The third-order valence-electron chi connectivity index (χ3n) is 1.37. The highest BCUT2D eigenvalue weighted by atomic mass is 16.5. The number of aromatic nitrogens is 3. The van der Waals surface area contributed by atoms with E-state index in [1.54, 1.807) is 12.3 Å². The molecule has 0 aliphatic rings. The van der Waals surface area contributed by atoms with Gasteiger partial charge in [0.25, 0.3) is 0 Å². The Morgan fingerprint density at radius 1 is 1.17 bits per heavy atom. The zero-order valence-electron chi connectivity index (χ0n) is 6.14. The summed E-state index contributed by atoms with van der Waals surface area (Å²) in [7, 11) is 0. The first-order valence-corrected chi connectivity index (χ1v) is 3.34.